The zero-order valence-corrected chi connectivity index (χ0v) is 12.3. The van der Waals surface area contributed by atoms with Crippen molar-refractivity contribution >= 4 is 5.91 Å². The van der Waals surface area contributed by atoms with Crippen LogP contribution in [-0.2, 0) is 0 Å². The molecule has 2 aromatic rings. The first-order valence-corrected chi connectivity index (χ1v) is 7.67. The number of carbonyl (C=O) groups is 1. The van der Waals surface area contributed by atoms with Gasteiger partial charge in [0.05, 0.1) is 11.6 Å². The summed E-state index contributed by atoms with van der Waals surface area (Å²) in [5, 5.41) is 3.33. The molecular formula is C18H18N2O2. The Morgan fingerprint density at radius 3 is 2.73 bits per heavy atom. The third-order valence-electron chi connectivity index (χ3n) is 4.36. The first-order valence-electron chi connectivity index (χ1n) is 7.67. The van der Waals surface area contributed by atoms with Crippen molar-refractivity contribution < 1.29 is 9.53 Å². The lowest BCUT2D eigenvalue weighted by Crippen LogP contribution is -2.54. The fraction of sp³-hybridized carbons (Fsp3) is 0.278. The van der Waals surface area contributed by atoms with Crippen LogP contribution >= 0.6 is 0 Å². The van der Waals surface area contributed by atoms with Gasteiger partial charge in [0.15, 0.2) is 0 Å². The smallest absolute Gasteiger partial charge is 0.258 e. The summed E-state index contributed by atoms with van der Waals surface area (Å²) in [7, 11) is 0. The van der Waals surface area contributed by atoms with E-state index in [4.69, 9.17) is 4.74 Å². The van der Waals surface area contributed by atoms with E-state index < -0.39 is 0 Å². The van der Waals surface area contributed by atoms with Crippen LogP contribution in [0.2, 0.25) is 0 Å². The predicted octanol–water partition coefficient (Wildman–Crippen LogP) is 2.16. The average Bonchev–Trinajstić information content (AvgIpc) is 2.73. The molecule has 0 spiro atoms. The normalized spacial score (nSPS) is 20.6. The molecule has 1 saturated heterocycles. The first kappa shape index (κ1) is 13.3. The van der Waals surface area contributed by atoms with E-state index in [9.17, 15) is 4.79 Å². The van der Waals surface area contributed by atoms with E-state index in [1.54, 1.807) is 0 Å². The number of benzene rings is 2. The van der Waals surface area contributed by atoms with Crippen molar-refractivity contribution in [3.8, 4) is 16.9 Å². The van der Waals surface area contributed by atoms with E-state index in [1.165, 1.54) is 0 Å². The van der Waals surface area contributed by atoms with Crippen LogP contribution in [-0.4, -0.2) is 43.1 Å². The Morgan fingerprint density at radius 1 is 1.05 bits per heavy atom. The number of ether oxygens (including phenoxy) is 1. The molecule has 1 fully saturated rings. The van der Waals surface area contributed by atoms with Crippen LogP contribution in [0.4, 0.5) is 0 Å². The molecule has 4 nitrogen and oxygen atoms in total. The highest BCUT2D eigenvalue weighted by molar-refractivity contribution is 6.00. The van der Waals surface area contributed by atoms with Crippen LogP contribution < -0.4 is 10.1 Å². The largest absolute Gasteiger partial charge is 0.490 e. The second-order valence-corrected chi connectivity index (χ2v) is 5.72. The van der Waals surface area contributed by atoms with Crippen LogP contribution in [0.3, 0.4) is 0 Å². The Hall–Kier alpha value is -2.33. The van der Waals surface area contributed by atoms with Crippen LogP contribution in [0, 0.1) is 0 Å². The number of nitrogens with one attached hydrogen (secondary N) is 1. The van der Waals surface area contributed by atoms with Gasteiger partial charge in [0.25, 0.3) is 5.91 Å². The standard InChI is InChI=1S/C18H18N2O2/c21-18-16-8-4-7-15(13-5-2-1-3-6-13)17(16)22-12-14-11-19-9-10-20(14)18/h1-8,14,19H,9-12H2. The van der Waals surface area contributed by atoms with Crippen molar-refractivity contribution in [2.45, 2.75) is 6.04 Å². The highest BCUT2D eigenvalue weighted by atomic mass is 16.5. The molecule has 0 radical (unpaired) electrons. The minimum Gasteiger partial charge on any atom is -0.490 e. The maximum Gasteiger partial charge on any atom is 0.258 e. The monoisotopic (exact) mass is 294 g/mol. The van der Waals surface area contributed by atoms with Gasteiger partial charge >= 0.3 is 0 Å². The predicted molar refractivity (Wildman–Crippen MR) is 85.1 cm³/mol. The molecule has 1 amide bonds. The first-order chi connectivity index (χ1) is 10.8. The lowest BCUT2D eigenvalue weighted by molar-refractivity contribution is 0.0606. The van der Waals surface area contributed by atoms with Gasteiger partial charge in [-0.2, -0.15) is 0 Å². The minimum absolute atomic E-state index is 0.0804. The summed E-state index contributed by atoms with van der Waals surface area (Å²) < 4.78 is 6.07. The summed E-state index contributed by atoms with van der Waals surface area (Å²) in [6.45, 7) is 2.91. The van der Waals surface area contributed by atoms with E-state index in [0.29, 0.717) is 17.9 Å². The third kappa shape index (κ3) is 2.16. The van der Waals surface area contributed by atoms with E-state index in [-0.39, 0.29) is 11.9 Å². The Labute approximate surface area is 129 Å². The third-order valence-corrected chi connectivity index (χ3v) is 4.36. The summed E-state index contributed by atoms with van der Waals surface area (Å²) in [6.07, 6.45) is 0. The number of hydrogen-bond acceptors (Lipinski definition) is 3. The van der Waals surface area contributed by atoms with Gasteiger partial charge in [0.1, 0.15) is 12.4 Å². The number of carbonyl (C=O) groups excluding carboxylic acids is 1. The summed E-state index contributed by atoms with van der Waals surface area (Å²) in [5.41, 5.74) is 2.73. The molecule has 0 saturated carbocycles. The molecule has 112 valence electrons. The Kier molecular flexibility index (Phi) is 3.31. The number of piperazine rings is 1. The highest BCUT2D eigenvalue weighted by Crippen LogP contribution is 2.36. The van der Waals surface area contributed by atoms with E-state index in [2.05, 4.69) is 5.32 Å². The molecule has 0 bridgehead atoms. The van der Waals surface area contributed by atoms with Gasteiger partial charge in [-0.3, -0.25) is 4.79 Å². The van der Waals surface area contributed by atoms with Crippen LogP contribution in [0.15, 0.2) is 48.5 Å². The van der Waals surface area contributed by atoms with Gasteiger partial charge in [0.2, 0.25) is 0 Å². The van der Waals surface area contributed by atoms with Gasteiger partial charge in [0, 0.05) is 25.2 Å². The topological polar surface area (TPSA) is 41.6 Å². The highest BCUT2D eigenvalue weighted by Gasteiger charge is 2.33. The molecule has 0 aliphatic carbocycles. The second kappa shape index (κ2) is 5.46. The van der Waals surface area contributed by atoms with Crippen molar-refractivity contribution in [2.24, 2.45) is 0 Å². The lowest BCUT2D eigenvalue weighted by atomic mass is 10.0. The molecular weight excluding hydrogens is 276 g/mol. The Bertz CT molecular complexity index is 699. The summed E-state index contributed by atoms with van der Waals surface area (Å²) in [5.74, 6) is 0.796. The molecule has 1 atom stereocenters. The molecule has 0 aromatic heterocycles. The van der Waals surface area contributed by atoms with Crippen molar-refractivity contribution in [1.29, 1.82) is 0 Å². The van der Waals surface area contributed by atoms with Gasteiger partial charge in [-0.25, -0.2) is 0 Å². The Morgan fingerprint density at radius 2 is 1.86 bits per heavy atom. The van der Waals surface area contributed by atoms with E-state index >= 15 is 0 Å². The number of fused-ring (bicyclic) bond motifs is 2. The number of hydrogen-bond donors (Lipinski definition) is 1. The summed E-state index contributed by atoms with van der Waals surface area (Å²) >= 11 is 0. The van der Waals surface area contributed by atoms with Gasteiger partial charge in [-0.05, 0) is 11.6 Å². The molecule has 4 heteroatoms. The minimum atomic E-state index is 0.0804. The van der Waals surface area contributed by atoms with Gasteiger partial charge in [-0.15, -0.1) is 0 Å². The SMILES string of the molecule is O=C1c2cccc(-c3ccccc3)c2OCC2CNCCN12. The van der Waals surface area contributed by atoms with Gasteiger partial charge < -0.3 is 15.0 Å². The zero-order valence-electron chi connectivity index (χ0n) is 12.3. The number of nitrogens with zero attached hydrogens (tertiary/aromatic N) is 1. The quantitative estimate of drug-likeness (QED) is 0.876. The molecule has 4 rings (SSSR count). The molecule has 1 unspecified atom stereocenters. The fourth-order valence-electron chi connectivity index (χ4n) is 3.22. The molecule has 2 aliphatic rings. The van der Waals surface area contributed by atoms with Crippen LogP contribution in [0.1, 0.15) is 10.4 Å². The Balaban J connectivity index is 1.81. The van der Waals surface area contributed by atoms with Crippen molar-refractivity contribution in [2.75, 3.05) is 26.2 Å². The lowest BCUT2D eigenvalue weighted by Gasteiger charge is -2.33. The molecule has 2 aromatic carbocycles. The zero-order chi connectivity index (χ0) is 14.9. The van der Waals surface area contributed by atoms with Crippen molar-refractivity contribution in [3.05, 3.63) is 54.1 Å². The number of amides is 1. The fourth-order valence-corrected chi connectivity index (χ4v) is 3.22. The van der Waals surface area contributed by atoms with Crippen molar-refractivity contribution in [3.63, 3.8) is 0 Å². The maximum atomic E-state index is 12.9. The molecule has 2 heterocycles. The summed E-state index contributed by atoms with van der Waals surface area (Å²) in [6, 6.07) is 16.0. The molecule has 1 N–H and O–H groups in total. The summed E-state index contributed by atoms with van der Waals surface area (Å²) in [4.78, 5) is 14.8. The van der Waals surface area contributed by atoms with Crippen LogP contribution in [0.25, 0.3) is 11.1 Å². The van der Waals surface area contributed by atoms with Crippen molar-refractivity contribution in [1.82, 2.24) is 10.2 Å². The van der Waals surface area contributed by atoms with E-state index in [0.717, 1.165) is 30.8 Å². The molecule has 22 heavy (non-hydrogen) atoms. The number of rotatable bonds is 1. The maximum absolute atomic E-state index is 12.9. The second-order valence-electron chi connectivity index (χ2n) is 5.72. The van der Waals surface area contributed by atoms with E-state index in [1.807, 2.05) is 53.4 Å². The molecule has 2 aliphatic heterocycles. The van der Waals surface area contributed by atoms with Gasteiger partial charge in [-0.1, -0.05) is 42.5 Å². The average molecular weight is 294 g/mol. The van der Waals surface area contributed by atoms with Crippen LogP contribution in [0.5, 0.6) is 5.75 Å². The number of para-hydroxylation sites is 1.